The highest BCUT2D eigenvalue weighted by Gasteiger charge is 2.21. The number of aromatic nitrogens is 2. The largest absolute Gasteiger partial charge is 0.481 e. The molecule has 0 aliphatic heterocycles. The van der Waals surface area contributed by atoms with Crippen LogP contribution in [0.5, 0.6) is 5.75 Å². The number of rotatable bonds is 7. The number of aryl methyl sites for hydroxylation is 1. The Morgan fingerprint density at radius 3 is 2.53 bits per heavy atom. The van der Waals surface area contributed by atoms with Gasteiger partial charge >= 0.3 is 5.97 Å². The number of esters is 1. The zero-order chi connectivity index (χ0) is 23.3. The molecule has 0 saturated carbocycles. The van der Waals surface area contributed by atoms with Gasteiger partial charge in [-0.05, 0) is 62.2 Å². The van der Waals surface area contributed by atoms with Crippen molar-refractivity contribution in [1.82, 2.24) is 9.78 Å². The molecule has 9 heteroatoms. The summed E-state index contributed by atoms with van der Waals surface area (Å²) in [5.41, 5.74) is 1.90. The highest BCUT2D eigenvalue weighted by molar-refractivity contribution is 5.93. The van der Waals surface area contributed by atoms with Crippen molar-refractivity contribution in [2.75, 3.05) is 18.5 Å². The second-order valence-electron chi connectivity index (χ2n) is 6.89. The molecule has 0 unspecified atom stereocenters. The Morgan fingerprint density at radius 2 is 1.84 bits per heavy atom. The first kappa shape index (κ1) is 22.7. The van der Waals surface area contributed by atoms with Crippen molar-refractivity contribution in [3.05, 3.63) is 81.5 Å². The maximum absolute atomic E-state index is 13.2. The number of hydrogen-bond donors (Lipinski definition) is 1. The minimum absolute atomic E-state index is 0.0722. The third-order valence-corrected chi connectivity index (χ3v) is 4.67. The number of amides is 1. The maximum atomic E-state index is 13.2. The highest BCUT2D eigenvalue weighted by atomic mass is 19.1. The molecule has 0 aliphatic rings. The average Bonchev–Trinajstić information content (AvgIpc) is 2.76. The lowest BCUT2D eigenvalue weighted by atomic mass is 10.1. The van der Waals surface area contributed by atoms with E-state index in [2.05, 4.69) is 10.4 Å². The minimum Gasteiger partial charge on any atom is -0.481 e. The second kappa shape index (κ2) is 9.86. The van der Waals surface area contributed by atoms with E-state index in [4.69, 9.17) is 9.47 Å². The number of carbonyl (C=O) groups excluding carboxylic acids is 2. The van der Waals surface area contributed by atoms with Crippen molar-refractivity contribution in [2.45, 2.75) is 20.8 Å². The van der Waals surface area contributed by atoms with E-state index in [1.807, 2.05) is 26.0 Å². The van der Waals surface area contributed by atoms with Crippen molar-refractivity contribution in [3.8, 4) is 11.4 Å². The van der Waals surface area contributed by atoms with E-state index >= 15 is 0 Å². The van der Waals surface area contributed by atoms with Crippen molar-refractivity contribution < 1.29 is 23.5 Å². The SMILES string of the molecule is CCOC(=O)c1nn(-c2ccc(F)cc2)c(=O)cc1OCC(=O)Nc1cccc(C)c1C. The van der Waals surface area contributed by atoms with Crippen molar-refractivity contribution in [3.63, 3.8) is 0 Å². The number of nitrogens with zero attached hydrogens (tertiary/aromatic N) is 2. The second-order valence-corrected chi connectivity index (χ2v) is 6.89. The molecule has 0 spiro atoms. The molecule has 1 aromatic heterocycles. The van der Waals surface area contributed by atoms with Gasteiger partial charge in [-0.15, -0.1) is 0 Å². The van der Waals surface area contributed by atoms with Crippen LogP contribution >= 0.6 is 0 Å². The van der Waals surface area contributed by atoms with E-state index in [1.165, 1.54) is 12.1 Å². The van der Waals surface area contributed by atoms with Crippen LogP contribution in [-0.4, -0.2) is 34.9 Å². The molecule has 0 aliphatic carbocycles. The van der Waals surface area contributed by atoms with Crippen LogP contribution in [0.25, 0.3) is 5.69 Å². The summed E-state index contributed by atoms with van der Waals surface area (Å²) in [6.45, 7) is 5.04. The molecule has 0 fully saturated rings. The third kappa shape index (κ3) is 5.18. The highest BCUT2D eigenvalue weighted by Crippen LogP contribution is 2.19. The molecule has 0 radical (unpaired) electrons. The Hall–Kier alpha value is -4.01. The molecule has 166 valence electrons. The predicted octanol–water partition coefficient (Wildman–Crippen LogP) is 3.18. The van der Waals surface area contributed by atoms with Crippen LogP contribution in [0.1, 0.15) is 28.5 Å². The molecule has 0 saturated heterocycles. The van der Waals surface area contributed by atoms with Crippen LogP contribution in [0.15, 0.2) is 53.3 Å². The van der Waals surface area contributed by atoms with Gasteiger partial charge in [0.25, 0.3) is 11.5 Å². The minimum atomic E-state index is -0.826. The van der Waals surface area contributed by atoms with Crippen LogP contribution in [0.3, 0.4) is 0 Å². The normalized spacial score (nSPS) is 10.5. The fraction of sp³-hybridized carbons (Fsp3) is 0.217. The van der Waals surface area contributed by atoms with E-state index in [9.17, 15) is 18.8 Å². The molecule has 1 N–H and O–H groups in total. The third-order valence-electron chi connectivity index (χ3n) is 4.67. The summed E-state index contributed by atoms with van der Waals surface area (Å²) in [5.74, 6) is -1.98. The molecular weight excluding hydrogens is 417 g/mol. The Kier molecular flexibility index (Phi) is 6.99. The zero-order valence-corrected chi connectivity index (χ0v) is 17.8. The summed E-state index contributed by atoms with van der Waals surface area (Å²) in [6, 6.07) is 11.5. The Bertz CT molecular complexity index is 1210. The predicted molar refractivity (Wildman–Crippen MR) is 116 cm³/mol. The standard InChI is InChI=1S/C23H22FN3O5/c1-4-31-23(30)22-19(12-21(29)27(26-22)17-10-8-16(24)9-11-17)32-13-20(28)25-18-7-5-6-14(2)15(18)3/h5-12H,4,13H2,1-3H3,(H,25,28). The molecule has 2 aromatic carbocycles. The Morgan fingerprint density at radius 1 is 1.12 bits per heavy atom. The first-order valence-electron chi connectivity index (χ1n) is 9.86. The quantitative estimate of drug-likeness (QED) is 0.568. The van der Waals surface area contributed by atoms with E-state index in [0.29, 0.717) is 5.69 Å². The van der Waals surface area contributed by atoms with Crippen LogP contribution < -0.4 is 15.6 Å². The van der Waals surface area contributed by atoms with Crippen LogP contribution in [0.2, 0.25) is 0 Å². The van der Waals surface area contributed by atoms with Gasteiger partial charge in [-0.25, -0.2) is 9.18 Å². The lowest BCUT2D eigenvalue weighted by molar-refractivity contribution is -0.118. The first-order chi connectivity index (χ1) is 15.3. The maximum Gasteiger partial charge on any atom is 0.362 e. The smallest absolute Gasteiger partial charge is 0.362 e. The van der Waals surface area contributed by atoms with Gasteiger partial charge in [0.1, 0.15) is 5.82 Å². The molecule has 8 nitrogen and oxygen atoms in total. The monoisotopic (exact) mass is 439 g/mol. The van der Waals surface area contributed by atoms with E-state index < -0.39 is 29.9 Å². The van der Waals surface area contributed by atoms with E-state index in [0.717, 1.165) is 34.0 Å². The van der Waals surface area contributed by atoms with Crippen LogP contribution in [-0.2, 0) is 9.53 Å². The fourth-order valence-corrected chi connectivity index (χ4v) is 2.87. The topological polar surface area (TPSA) is 99.5 Å². The molecule has 1 amide bonds. The lowest BCUT2D eigenvalue weighted by Gasteiger charge is -2.13. The van der Waals surface area contributed by atoms with Gasteiger partial charge in [-0.1, -0.05) is 12.1 Å². The lowest BCUT2D eigenvalue weighted by Crippen LogP contribution is -2.27. The van der Waals surface area contributed by atoms with Gasteiger partial charge in [0.15, 0.2) is 12.4 Å². The molecule has 3 rings (SSSR count). The van der Waals surface area contributed by atoms with Gasteiger partial charge in [-0.2, -0.15) is 9.78 Å². The van der Waals surface area contributed by atoms with Crippen molar-refractivity contribution in [1.29, 1.82) is 0 Å². The zero-order valence-electron chi connectivity index (χ0n) is 17.8. The first-order valence-corrected chi connectivity index (χ1v) is 9.86. The van der Waals surface area contributed by atoms with E-state index in [1.54, 1.807) is 13.0 Å². The van der Waals surface area contributed by atoms with Crippen LogP contribution in [0.4, 0.5) is 10.1 Å². The summed E-state index contributed by atoms with van der Waals surface area (Å²) in [7, 11) is 0. The molecule has 3 aromatic rings. The van der Waals surface area contributed by atoms with E-state index in [-0.39, 0.29) is 23.7 Å². The Balaban J connectivity index is 1.86. The summed E-state index contributed by atoms with van der Waals surface area (Å²) in [5, 5.41) is 6.76. The number of carbonyl (C=O) groups is 2. The van der Waals surface area contributed by atoms with Crippen molar-refractivity contribution in [2.24, 2.45) is 0 Å². The van der Waals surface area contributed by atoms with Gasteiger partial charge in [0.2, 0.25) is 5.69 Å². The summed E-state index contributed by atoms with van der Waals surface area (Å²) < 4.78 is 24.6. The summed E-state index contributed by atoms with van der Waals surface area (Å²) in [4.78, 5) is 37.3. The van der Waals surface area contributed by atoms with Crippen LogP contribution in [0, 0.1) is 19.7 Å². The molecule has 32 heavy (non-hydrogen) atoms. The van der Waals surface area contributed by atoms with Gasteiger partial charge in [0, 0.05) is 5.69 Å². The number of nitrogens with one attached hydrogen (secondary N) is 1. The number of anilines is 1. The summed E-state index contributed by atoms with van der Waals surface area (Å²) in [6.07, 6.45) is 0. The van der Waals surface area contributed by atoms with Crippen molar-refractivity contribution >= 4 is 17.6 Å². The fourth-order valence-electron chi connectivity index (χ4n) is 2.87. The van der Waals surface area contributed by atoms with Gasteiger partial charge < -0.3 is 14.8 Å². The number of hydrogen-bond acceptors (Lipinski definition) is 6. The van der Waals surface area contributed by atoms with Gasteiger partial charge in [0.05, 0.1) is 18.4 Å². The molecular formula is C23H22FN3O5. The number of ether oxygens (including phenoxy) is 2. The molecule has 1 heterocycles. The number of halogens is 1. The number of benzene rings is 2. The molecule has 0 bridgehead atoms. The van der Waals surface area contributed by atoms with Gasteiger partial charge in [-0.3, -0.25) is 9.59 Å². The average molecular weight is 439 g/mol. The summed E-state index contributed by atoms with van der Waals surface area (Å²) >= 11 is 0. The molecule has 0 atom stereocenters. The Labute approximate surface area is 183 Å².